The number of nitrogens with zero attached hydrogens (tertiary/aromatic N) is 4. The normalized spacial score (nSPS) is 19.3. The van der Waals surface area contributed by atoms with E-state index < -0.39 is 11.4 Å². The fourth-order valence-corrected chi connectivity index (χ4v) is 7.74. The van der Waals surface area contributed by atoms with Crippen molar-refractivity contribution in [2.45, 2.75) is 84.1 Å². The Morgan fingerprint density at radius 2 is 1.93 bits per heavy atom. The molecule has 1 unspecified atom stereocenters. The van der Waals surface area contributed by atoms with Crippen LogP contribution in [0.5, 0.6) is 6.01 Å². The maximum atomic E-state index is 16.5. The minimum absolute atomic E-state index is 0.0199. The molecular formula is C35H48FN7O3. The van der Waals surface area contributed by atoms with Crippen molar-refractivity contribution in [2.75, 3.05) is 46.0 Å². The van der Waals surface area contributed by atoms with Crippen LogP contribution >= 0.6 is 0 Å². The molecule has 3 saturated heterocycles. The Kier molecular flexibility index (Phi) is 10.3. The molecule has 3 aliphatic heterocycles. The van der Waals surface area contributed by atoms with Crippen LogP contribution in [0.3, 0.4) is 0 Å². The van der Waals surface area contributed by atoms with Crippen LogP contribution < -0.4 is 15.6 Å². The van der Waals surface area contributed by atoms with Crippen LogP contribution in [0.2, 0.25) is 0 Å². The summed E-state index contributed by atoms with van der Waals surface area (Å²) in [5.74, 6) is 0.0922. The van der Waals surface area contributed by atoms with Gasteiger partial charge >= 0.3 is 0 Å². The van der Waals surface area contributed by atoms with E-state index in [-0.39, 0.29) is 28.1 Å². The molecule has 6 heterocycles. The second-order valence-corrected chi connectivity index (χ2v) is 12.9. The molecule has 1 aromatic carbocycles. The molecule has 248 valence electrons. The number of halogens is 1. The Labute approximate surface area is 269 Å². The fourth-order valence-electron chi connectivity index (χ4n) is 7.74. The number of nitrogens with one attached hydrogen (secondary N) is 3. The summed E-state index contributed by atoms with van der Waals surface area (Å²) in [4.78, 5) is 27.2. The number of pyridine rings is 1. The van der Waals surface area contributed by atoms with Gasteiger partial charge in [-0.05, 0) is 114 Å². The summed E-state index contributed by atoms with van der Waals surface area (Å²) in [7, 11) is 0. The van der Waals surface area contributed by atoms with Crippen molar-refractivity contribution in [1.29, 1.82) is 0 Å². The summed E-state index contributed by atoms with van der Waals surface area (Å²) < 4.78 is 28.6. The third-order valence-corrected chi connectivity index (χ3v) is 10.1. The first kappa shape index (κ1) is 32.5. The van der Waals surface area contributed by atoms with Crippen LogP contribution in [0.25, 0.3) is 33.1 Å². The summed E-state index contributed by atoms with van der Waals surface area (Å²) in [5, 5.41) is 11.6. The van der Waals surface area contributed by atoms with Crippen molar-refractivity contribution in [3.63, 3.8) is 0 Å². The summed E-state index contributed by atoms with van der Waals surface area (Å²) in [5.41, 5.74) is 3.01. The summed E-state index contributed by atoms with van der Waals surface area (Å²) >= 11 is 0. The number of benzene rings is 1. The van der Waals surface area contributed by atoms with E-state index in [1.165, 1.54) is 25.5 Å². The summed E-state index contributed by atoms with van der Waals surface area (Å²) in [6, 6.07) is 2.07. The molecule has 3 fully saturated rings. The summed E-state index contributed by atoms with van der Waals surface area (Å²) in [6.07, 6.45) is 12.8. The molecule has 0 amide bonds. The van der Waals surface area contributed by atoms with Gasteiger partial charge in [-0.15, -0.1) is 0 Å². The molecule has 0 aliphatic carbocycles. The lowest BCUT2D eigenvalue weighted by Gasteiger charge is -2.31. The number of aryl methyl sites for hydroxylation is 1. The first-order valence-corrected chi connectivity index (χ1v) is 17.2. The Hall–Kier alpha value is -3.41. The van der Waals surface area contributed by atoms with Gasteiger partial charge in [0.15, 0.2) is 5.82 Å². The third-order valence-electron chi connectivity index (χ3n) is 10.1. The molecule has 0 saturated carbocycles. The first-order chi connectivity index (χ1) is 22.5. The number of hydrogen-bond acceptors (Lipinski definition) is 8. The van der Waals surface area contributed by atoms with Gasteiger partial charge in [0.2, 0.25) is 0 Å². The van der Waals surface area contributed by atoms with Crippen LogP contribution in [-0.2, 0) is 11.2 Å². The molecule has 1 atom stereocenters. The lowest BCUT2D eigenvalue weighted by Crippen LogP contribution is -2.43. The number of fused-ring (bicyclic) bond motifs is 3. The van der Waals surface area contributed by atoms with Gasteiger partial charge in [-0.25, -0.2) is 4.39 Å². The zero-order chi connectivity index (χ0) is 32.1. The van der Waals surface area contributed by atoms with Gasteiger partial charge in [0.05, 0.1) is 29.2 Å². The van der Waals surface area contributed by atoms with Crippen molar-refractivity contribution in [3.05, 3.63) is 45.8 Å². The number of piperidine rings is 1. The van der Waals surface area contributed by atoms with E-state index in [4.69, 9.17) is 9.47 Å². The van der Waals surface area contributed by atoms with Crippen LogP contribution in [0, 0.1) is 18.7 Å². The van der Waals surface area contributed by atoms with Gasteiger partial charge in [0.1, 0.15) is 17.8 Å². The Bertz CT molecular complexity index is 1690. The molecular weight excluding hydrogens is 585 g/mol. The highest BCUT2D eigenvalue weighted by molar-refractivity contribution is 5.98. The average Bonchev–Trinajstić information content (AvgIpc) is 3.80. The molecule has 3 aromatic heterocycles. The smallest absolute Gasteiger partial charge is 0.297 e. The van der Waals surface area contributed by atoms with E-state index in [0.29, 0.717) is 31.8 Å². The molecule has 0 spiro atoms. The lowest BCUT2D eigenvalue weighted by atomic mass is 9.93. The van der Waals surface area contributed by atoms with E-state index >= 15 is 4.39 Å². The van der Waals surface area contributed by atoms with E-state index in [0.717, 1.165) is 86.2 Å². The predicted molar refractivity (Wildman–Crippen MR) is 179 cm³/mol. The number of H-pyrrole nitrogens is 2. The zero-order valence-corrected chi connectivity index (χ0v) is 27.5. The van der Waals surface area contributed by atoms with Gasteiger partial charge in [0, 0.05) is 23.8 Å². The van der Waals surface area contributed by atoms with Crippen LogP contribution in [0.4, 0.5) is 4.39 Å². The second-order valence-electron chi connectivity index (χ2n) is 12.9. The molecule has 11 heteroatoms. The number of aromatic amines is 2. The number of hydrogen-bond donors (Lipinski definition) is 3. The quantitative estimate of drug-likeness (QED) is 0.181. The molecule has 7 rings (SSSR count). The topological polar surface area (TPSA) is 121 Å². The highest BCUT2D eigenvalue weighted by Crippen LogP contribution is 2.39. The lowest BCUT2D eigenvalue weighted by molar-refractivity contribution is 0.107. The molecule has 3 N–H and O–H groups in total. The minimum atomic E-state index is -0.642. The van der Waals surface area contributed by atoms with E-state index in [1.54, 1.807) is 6.20 Å². The number of aromatic nitrogens is 5. The fraction of sp³-hybridized carbons (Fsp3) is 0.600. The molecule has 0 bridgehead atoms. The highest BCUT2D eigenvalue weighted by Gasteiger charge is 2.45. The average molecular weight is 634 g/mol. The maximum absolute atomic E-state index is 16.5. The monoisotopic (exact) mass is 633 g/mol. The van der Waals surface area contributed by atoms with Crippen molar-refractivity contribution in [3.8, 4) is 17.3 Å². The Morgan fingerprint density at radius 3 is 2.72 bits per heavy atom. The van der Waals surface area contributed by atoms with Gasteiger partial charge in [-0.3, -0.25) is 24.8 Å². The first-order valence-electron chi connectivity index (χ1n) is 17.2. The van der Waals surface area contributed by atoms with Crippen LogP contribution in [0.1, 0.15) is 76.3 Å². The highest BCUT2D eigenvalue weighted by atomic mass is 19.1. The molecule has 46 heavy (non-hydrogen) atoms. The molecule has 0 radical (unpaired) electrons. The standard InChI is InChI=1S/C33H42FN7O3.C2H6/c1-21-16-26-24(19-37-40-26)27(23(21)8-15-43-14-3-7-22-6-2-11-35-17-22)30-28(34)29-25(18-36-30)31(42)39-32(38-29)44-20-33-9-4-12-41(33)13-5-10-33;1-2/h16,18-19,22,35H,2-15,17,20H2,1H3,(H,37,40)(H,38,39,42);1-2H3. The van der Waals surface area contributed by atoms with E-state index in [2.05, 4.69) is 35.4 Å². The summed E-state index contributed by atoms with van der Waals surface area (Å²) in [6.45, 7) is 12.0. The molecule has 10 nitrogen and oxygen atoms in total. The molecule has 3 aliphatic rings. The maximum Gasteiger partial charge on any atom is 0.297 e. The van der Waals surface area contributed by atoms with Crippen molar-refractivity contribution in [2.24, 2.45) is 5.92 Å². The number of rotatable bonds is 11. The van der Waals surface area contributed by atoms with E-state index in [1.807, 2.05) is 26.8 Å². The van der Waals surface area contributed by atoms with Crippen molar-refractivity contribution < 1.29 is 13.9 Å². The van der Waals surface area contributed by atoms with Crippen LogP contribution in [-0.4, -0.2) is 81.6 Å². The largest absolute Gasteiger partial charge is 0.463 e. The molecule has 4 aromatic rings. The van der Waals surface area contributed by atoms with Gasteiger partial charge in [-0.2, -0.15) is 10.1 Å². The van der Waals surface area contributed by atoms with E-state index in [9.17, 15) is 4.79 Å². The van der Waals surface area contributed by atoms with Crippen LogP contribution in [0.15, 0.2) is 23.3 Å². The Balaban J connectivity index is 0.00000182. The van der Waals surface area contributed by atoms with Crippen molar-refractivity contribution >= 4 is 21.8 Å². The second kappa shape index (κ2) is 14.6. The minimum Gasteiger partial charge on any atom is -0.463 e. The number of ether oxygens (including phenoxy) is 2. The van der Waals surface area contributed by atoms with Gasteiger partial charge in [-0.1, -0.05) is 13.8 Å². The zero-order valence-electron chi connectivity index (χ0n) is 27.5. The Morgan fingerprint density at radius 1 is 1.11 bits per heavy atom. The van der Waals surface area contributed by atoms with Gasteiger partial charge in [0.25, 0.3) is 11.6 Å². The predicted octanol–water partition coefficient (Wildman–Crippen LogP) is 5.68. The van der Waals surface area contributed by atoms with Gasteiger partial charge < -0.3 is 14.8 Å². The third kappa shape index (κ3) is 6.55. The van der Waals surface area contributed by atoms with Crippen molar-refractivity contribution in [1.82, 2.24) is 35.4 Å². The SMILES string of the molecule is CC.Cc1cc2[nH]ncc2c(-c2ncc3c(=O)[nH]c(OCC45CCCN4CCC5)nc3c2F)c1CCOCCCC1CCCNC1.